The molecule has 2 heterocycles. The number of aryl methyl sites for hydroxylation is 1. The summed E-state index contributed by atoms with van der Waals surface area (Å²) in [6, 6.07) is 17.7. The maximum absolute atomic E-state index is 14.0. The molecule has 0 radical (unpaired) electrons. The van der Waals surface area contributed by atoms with E-state index in [1.807, 2.05) is 49.4 Å². The van der Waals surface area contributed by atoms with E-state index in [1.54, 1.807) is 9.58 Å². The van der Waals surface area contributed by atoms with Crippen molar-refractivity contribution in [3.8, 4) is 11.3 Å². The lowest BCUT2D eigenvalue weighted by atomic mass is 9.93. The van der Waals surface area contributed by atoms with Gasteiger partial charge in [-0.15, -0.1) is 0 Å². The monoisotopic (exact) mass is 518 g/mol. The molecule has 1 fully saturated rings. The second-order valence-electron chi connectivity index (χ2n) is 10.5. The van der Waals surface area contributed by atoms with Crippen LogP contribution in [0.2, 0.25) is 5.02 Å². The minimum absolute atomic E-state index is 0.130. The molecular formula is C30H35ClN4O2. The summed E-state index contributed by atoms with van der Waals surface area (Å²) in [6.45, 7) is 4.51. The maximum atomic E-state index is 14.0. The SMILES string of the molecule is CCc1ccc(-c2cc3n(n2)C[C@@](C)(C(=O)NC2CCCCCC2)N(Cc2ccccc2Cl)C3=O)cc1. The van der Waals surface area contributed by atoms with Gasteiger partial charge >= 0.3 is 0 Å². The van der Waals surface area contributed by atoms with Crippen molar-refractivity contribution < 1.29 is 9.59 Å². The van der Waals surface area contributed by atoms with Crippen LogP contribution in [-0.2, 0) is 24.3 Å². The molecule has 1 aromatic heterocycles. The lowest BCUT2D eigenvalue weighted by molar-refractivity contribution is -0.134. The first-order valence-electron chi connectivity index (χ1n) is 13.4. The van der Waals surface area contributed by atoms with Crippen LogP contribution in [0.3, 0.4) is 0 Å². The number of rotatable bonds is 6. The smallest absolute Gasteiger partial charge is 0.273 e. The predicted octanol–water partition coefficient (Wildman–Crippen LogP) is 6.02. The highest BCUT2D eigenvalue weighted by molar-refractivity contribution is 6.31. The summed E-state index contributed by atoms with van der Waals surface area (Å²) in [5, 5.41) is 8.66. The van der Waals surface area contributed by atoms with Crippen LogP contribution in [0.15, 0.2) is 54.6 Å². The summed E-state index contributed by atoms with van der Waals surface area (Å²) in [5.41, 5.74) is 3.13. The van der Waals surface area contributed by atoms with E-state index in [1.165, 1.54) is 18.4 Å². The Morgan fingerprint density at radius 2 is 1.78 bits per heavy atom. The van der Waals surface area contributed by atoms with Crippen molar-refractivity contribution in [3.05, 3.63) is 76.4 Å². The minimum atomic E-state index is -1.11. The van der Waals surface area contributed by atoms with Crippen LogP contribution >= 0.6 is 11.6 Å². The number of carbonyl (C=O) groups excluding carboxylic acids is 2. The van der Waals surface area contributed by atoms with Crippen molar-refractivity contribution in [3.63, 3.8) is 0 Å². The van der Waals surface area contributed by atoms with E-state index >= 15 is 0 Å². The Balaban J connectivity index is 1.50. The molecule has 0 unspecified atom stereocenters. The molecular weight excluding hydrogens is 484 g/mol. The third kappa shape index (κ3) is 5.17. The zero-order chi connectivity index (χ0) is 26.0. The highest BCUT2D eigenvalue weighted by Crippen LogP contribution is 2.33. The molecule has 6 nitrogen and oxygen atoms in total. The number of aromatic nitrogens is 2. The number of hydrogen-bond donors (Lipinski definition) is 1. The van der Waals surface area contributed by atoms with Crippen molar-refractivity contribution in [1.82, 2.24) is 20.0 Å². The summed E-state index contributed by atoms with van der Waals surface area (Å²) in [5.74, 6) is -0.344. The summed E-state index contributed by atoms with van der Waals surface area (Å²) < 4.78 is 1.71. The Morgan fingerprint density at radius 3 is 2.46 bits per heavy atom. The summed E-state index contributed by atoms with van der Waals surface area (Å²) in [7, 11) is 0. The molecule has 1 N–H and O–H groups in total. The van der Waals surface area contributed by atoms with Gasteiger partial charge in [-0.25, -0.2) is 0 Å². The van der Waals surface area contributed by atoms with E-state index in [-0.39, 0.29) is 30.9 Å². The molecule has 3 aromatic rings. The molecule has 0 saturated heterocycles. The van der Waals surface area contributed by atoms with Gasteiger partial charge in [0.15, 0.2) is 0 Å². The molecule has 1 saturated carbocycles. The zero-order valence-corrected chi connectivity index (χ0v) is 22.4. The molecule has 194 valence electrons. The van der Waals surface area contributed by atoms with Gasteiger partial charge in [0.2, 0.25) is 5.91 Å². The number of carbonyl (C=O) groups is 2. The van der Waals surface area contributed by atoms with Crippen LogP contribution in [-0.4, -0.2) is 38.1 Å². The van der Waals surface area contributed by atoms with Crippen LogP contribution in [0.25, 0.3) is 11.3 Å². The Hall–Kier alpha value is -3.12. The quantitative estimate of drug-likeness (QED) is 0.406. The van der Waals surface area contributed by atoms with Crippen LogP contribution in [0.1, 0.15) is 74.0 Å². The van der Waals surface area contributed by atoms with Crippen LogP contribution in [0.4, 0.5) is 0 Å². The number of halogens is 1. The Labute approximate surface area is 224 Å². The van der Waals surface area contributed by atoms with Crippen molar-refractivity contribution in [2.45, 2.75) is 83.5 Å². The lowest BCUT2D eigenvalue weighted by Gasteiger charge is -2.44. The molecule has 1 aliphatic heterocycles. The average molecular weight is 519 g/mol. The van der Waals surface area contributed by atoms with Gasteiger partial charge in [-0.3, -0.25) is 14.3 Å². The molecule has 0 spiro atoms. The first kappa shape index (κ1) is 25.5. The van der Waals surface area contributed by atoms with Gasteiger partial charge in [0.05, 0.1) is 12.2 Å². The second kappa shape index (κ2) is 10.7. The number of amides is 2. The maximum Gasteiger partial charge on any atom is 0.273 e. The molecule has 2 amide bonds. The highest BCUT2D eigenvalue weighted by atomic mass is 35.5. The fraction of sp³-hybridized carbons (Fsp3) is 0.433. The largest absolute Gasteiger partial charge is 0.351 e. The van der Waals surface area contributed by atoms with Gasteiger partial charge in [0, 0.05) is 23.2 Å². The van der Waals surface area contributed by atoms with Gasteiger partial charge in [0.25, 0.3) is 5.91 Å². The third-order valence-electron chi connectivity index (χ3n) is 7.92. The molecule has 37 heavy (non-hydrogen) atoms. The summed E-state index contributed by atoms with van der Waals surface area (Å²) >= 11 is 6.49. The first-order chi connectivity index (χ1) is 17.9. The minimum Gasteiger partial charge on any atom is -0.351 e. The van der Waals surface area contributed by atoms with E-state index in [4.69, 9.17) is 16.7 Å². The fourth-order valence-electron chi connectivity index (χ4n) is 5.50. The average Bonchev–Trinajstić information content (AvgIpc) is 3.15. The van der Waals surface area contributed by atoms with Crippen molar-refractivity contribution in [1.29, 1.82) is 0 Å². The number of nitrogens with one attached hydrogen (secondary N) is 1. The van der Waals surface area contributed by atoms with Crippen molar-refractivity contribution in [2.75, 3.05) is 0 Å². The summed E-state index contributed by atoms with van der Waals surface area (Å²) in [6.07, 6.45) is 7.57. The molecule has 0 bridgehead atoms. The van der Waals surface area contributed by atoms with Crippen molar-refractivity contribution in [2.24, 2.45) is 0 Å². The van der Waals surface area contributed by atoms with Gasteiger partial charge in [-0.05, 0) is 49.4 Å². The highest BCUT2D eigenvalue weighted by Gasteiger charge is 2.48. The molecule has 5 rings (SSSR count). The van der Waals surface area contributed by atoms with E-state index in [2.05, 4.69) is 24.4 Å². The van der Waals surface area contributed by atoms with Gasteiger partial charge in [-0.1, -0.05) is 86.7 Å². The Morgan fingerprint density at radius 1 is 1.08 bits per heavy atom. The number of fused-ring (bicyclic) bond motifs is 1. The second-order valence-corrected chi connectivity index (χ2v) is 10.9. The molecule has 1 atom stereocenters. The van der Waals surface area contributed by atoms with Crippen LogP contribution in [0.5, 0.6) is 0 Å². The van der Waals surface area contributed by atoms with E-state index in [9.17, 15) is 9.59 Å². The Kier molecular flexibility index (Phi) is 7.38. The molecule has 2 aliphatic rings. The Bertz CT molecular complexity index is 1280. The van der Waals surface area contributed by atoms with E-state index in [0.29, 0.717) is 10.7 Å². The van der Waals surface area contributed by atoms with Gasteiger partial charge in [-0.2, -0.15) is 5.10 Å². The van der Waals surface area contributed by atoms with Gasteiger partial charge < -0.3 is 10.2 Å². The van der Waals surface area contributed by atoms with Gasteiger partial charge in [0.1, 0.15) is 11.2 Å². The topological polar surface area (TPSA) is 67.2 Å². The van der Waals surface area contributed by atoms with Crippen LogP contribution < -0.4 is 5.32 Å². The molecule has 1 aliphatic carbocycles. The zero-order valence-electron chi connectivity index (χ0n) is 21.7. The predicted molar refractivity (Wildman–Crippen MR) is 146 cm³/mol. The fourth-order valence-corrected chi connectivity index (χ4v) is 5.70. The molecule has 2 aromatic carbocycles. The standard InChI is InChI=1S/C30H35ClN4O2/c1-3-21-14-16-22(17-15-21)26-18-27-28(36)34(19-23-10-8-9-13-25(23)31)30(2,20-35(27)33-26)29(37)32-24-11-6-4-5-7-12-24/h8-10,13-18,24H,3-7,11-12,19-20H2,1-2H3,(H,32,37)/t30-/m0/s1. The number of nitrogens with zero attached hydrogens (tertiary/aromatic N) is 3. The summed E-state index contributed by atoms with van der Waals surface area (Å²) in [4.78, 5) is 29.6. The number of benzene rings is 2. The first-order valence-corrected chi connectivity index (χ1v) is 13.8. The number of hydrogen-bond acceptors (Lipinski definition) is 3. The third-order valence-corrected chi connectivity index (χ3v) is 8.29. The normalized spacial score (nSPS) is 20.4. The van der Waals surface area contributed by atoms with Crippen LogP contribution in [0, 0.1) is 0 Å². The van der Waals surface area contributed by atoms with Crippen molar-refractivity contribution >= 4 is 23.4 Å². The van der Waals surface area contributed by atoms with E-state index < -0.39 is 5.54 Å². The molecule has 7 heteroatoms. The van der Waals surface area contributed by atoms with E-state index in [0.717, 1.165) is 48.9 Å². The lowest BCUT2D eigenvalue weighted by Crippen LogP contribution is -2.64.